The number of ether oxygens (including phenoxy) is 2. The van der Waals surface area contributed by atoms with Crippen molar-refractivity contribution >= 4 is 11.7 Å². The number of nitrogens with one attached hydrogen (secondary N) is 2. The first kappa shape index (κ1) is 20.4. The lowest BCUT2D eigenvalue weighted by molar-refractivity contribution is 0.107. The molecule has 5 heteroatoms. The summed E-state index contributed by atoms with van der Waals surface area (Å²) in [4.78, 5) is 12.3. The van der Waals surface area contributed by atoms with Crippen LogP contribution in [0.1, 0.15) is 29.7 Å². The normalized spacial score (nSPS) is 11.5. The Balaban J connectivity index is 1.48. The number of rotatable bonds is 8. The molecule has 3 aromatic carbocycles. The molecule has 3 aromatic rings. The van der Waals surface area contributed by atoms with Crippen LogP contribution in [0.5, 0.6) is 5.75 Å². The van der Waals surface area contributed by atoms with Crippen molar-refractivity contribution in [1.29, 1.82) is 0 Å². The number of anilines is 1. The first-order valence-electron chi connectivity index (χ1n) is 9.56. The summed E-state index contributed by atoms with van der Waals surface area (Å²) in [5.41, 5.74) is 3.86. The molecule has 0 heterocycles. The maximum Gasteiger partial charge on any atom is 0.319 e. The molecular formula is C24H26N2O3. The van der Waals surface area contributed by atoms with Gasteiger partial charge < -0.3 is 20.1 Å². The lowest BCUT2D eigenvalue weighted by Crippen LogP contribution is -2.31. The molecule has 1 unspecified atom stereocenters. The first-order chi connectivity index (χ1) is 14.1. The van der Waals surface area contributed by atoms with E-state index in [9.17, 15) is 4.79 Å². The first-order valence-corrected chi connectivity index (χ1v) is 9.56. The van der Waals surface area contributed by atoms with Crippen molar-refractivity contribution in [1.82, 2.24) is 5.32 Å². The second-order valence-corrected chi connectivity index (χ2v) is 6.77. The Labute approximate surface area is 171 Å². The lowest BCUT2D eigenvalue weighted by Gasteiger charge is -2.15. The number of hydrogen-bond donors (Lipinski definition) is 2. The third-order valence-corrected chi connectivity index (χ3v) is 4.53. The van der Waals surface area contributed by atoms with Crippen molar-refractivity contribution in [2.24, 2.45) is 0 Å². The lowest BCUT2D eigenvalue weighted by atomic mass is 10.1. The number of hydrogen-bond acceptors (Lipinski definition) is 3. The largest absolute Gasteiger partial charge is 0.497 e. The van der Waals surface area contributed by atoms with Crippen LogP contribution in [0, 0.1) is 0 Å². The van der Waals surface area contributed by atoms with Gasteiger partial charge in [-0.25, -0.2) is 4.79 Å². The van der Waals surface area contributed by atoms with Gasteiger partial charge in [-0.2, -0.15) is 0 Å². The molecule has 1 atom stereocenters. The molecule has 0 aliphatic carbocycles. The molecule has 0 aliphatic rings. The van der Waals surface area contributed by atoms with E-state index in [2.05, 4.69) is 10.6 Å². The highest BCUT2D eigenvalue weighted by atomic mass is 16.5. The molecule has 3 rings (SSSR count). The molecule has 2 N–H and O–H groups in total. The molecule has 0 spiro atoms. The number of amides is 2. The second-order valence-electron chi connectivity index (χ2n) is 6.77. The predicted molar refractivity (Wildman–Crippen MR) is 115 cm³/mol. The molecule has 0 radical (unpaired) electrons. The third-order valence-electron chi connectivity index (χ3n) is 4.53. The maximum absolute atomic E-state index is 12.3. The third kappa shape index (κ3) is 6.36. The van der Waals surface area contributed by atoms with Crippen LogP contribution in [0.15, 0.2) is 78.9 Å². The summed E-state index contributed by atoms with van der Waals surface area (Å²) >= 11 is 0. The summed E-state index contributed by atoms with van der Waals surface area (Å²) in [5, 5.41) is 5.83. The molecular weight excluding hydrogens is 364 g/mol. The van der Waals surface area contributed by atoms with E-state index in [0.717, 1.165) is 28.1 Å². The average molecular weight is 390 g/mol. The van der Waals surface area contributed by atoms with Crippen LogP contribution in [-0.2, 0) is 18.0 Å². The average Bonchev–Trinajstić information content (AvgIpc) is 2.75. The van der Waals surface area contributed by atoms with E-state index in [-0.39, 0.29) is 12.1 Å². The number of carbonyl (C=O) groups excluding carboxylic acids is 1. The van der Waals surface area contributed by atoms with Crippen LogP contribution in [0.3, 0.4) is 0 Å². The van der Waals surface area contributed by atoms with Crippen LogP contribution in [0.2, 0.25) is 0 Å². The van der Waals surface area contributed by atoms with Gasteiger partial charge in [-0.05, 0) is 47.9 Å². The summed E-state index contributed by atoms with van der Waals surface area (Å²) in [6.07, 6.45) is 0. The van der Waals surface area contributed by atoms with Gasteiger partial charge in [0.15, 0.2) is 0 Å². The van der Waals surface area contributed by atoms with Crippen LogP contribution in [-0.4, -0.2) is 13.1 Å². The molecule has 0 fully saturated rings. The molecule has 150 valence electrons. The molecule has 0 aliphatic heterocycles. The highest BCUT2D eigenvalue weighted by molar-refractivity contribution is 5.89. The van der Waals surface area contributed by atoms with E-state index in [0.29, 0.717) is 13.2 Å². The Kier molecular flexibility index (Phi) is 7.25. The van der Waals surface area contributed by atoms with Crippen molar-refractivity contribution < 1.29 is 14.3 Å². The van der Waals surface area contributed by atoms with Gasteiger partial charge in [0.2, 0.25) is 0 Å². The topological polar surface area (TPSA) is 59.6 Å². The van der Waals surface area contributed by atoms with Gasteiger partial charge in [-0.3, -0.25) is 0 Å². The molecule has 5 nitrogen and oxygen atoms in total. The van der Waals surface area contributed by atoms with Crippen LogP contribution in [0.25, 0.3) is 0 Å². The standard InChI is InChI=1S/C24H26N2O3/c1-18(21-8-4-3-5-9-21)25-24(27)26-22-10-6-7-20(15-22)17-29-16-19-11-13-23(28-2)14-12-19/h3-15,18H,16-17H2,1-2H3,(H2,25,26,27). The number of methoxy groups -OCH3 is 1. The quantitative estimate of drug-likeness (QED) is 0.549. The van der Waals surface area contributed by atoms with E-state index < -0.39 is 0 Å². The van der Waals surface area contributed by atoms with Gasteiger partial charge in [-0.1, -0.05) is 54.6 Å². The van der Waals surface area contributed by atoms with Gasteiger partial charge in [0.1, 0.15) is 5.75 Å². The fraction of sp³-hybridized carbons (Fsp3) is 0.208. The summed E-state index contributed by atoms with van der Waals surface area (Å²) < 4.78 is 10.9. The van der Waals surface area contributed by atoms with Crippen LogP contribution in [0.4, 0.5) is 10.5 Å². The molecule has 0 bridgehead atoms. The predicted octanol–water partition coefficient (Wildman–Crippen LogP) is 5.29. The Morgan fingerprint density at radius 3 is 2.34 bits per heavy atom. The zero-order valence-corrected chi connectivity index (χ0v) is 16.7. The van der Waals surface area contributed by atoms with E-state index in [1.54, 1.807) is 7.11 Å². The van der Waals surface area contributed by atoms with Crippen molar-refractivity contribution in [3.63, 3.8) is 0 Å². The highest BCUT2D eigenvalue weighted by Gasteiger charge is 2.09. The SMILES string of the molecule is COc1ccc(COCc2cccc(NC(=O)NC(C)c3ccccc3)c2)cc1. The van der Waals surface area contributed by atoms with Gasteiger partial charge in [0.25, 0.3) is 0 Å². The van der Waals surface area contributed by atoms with Crippen molar-refractivity contribution in [3.05, 3.63) is 95.6 Å². The zero-order chi connectivity index (χ0) is 20.5. The van der Waals surface area contributed by atoms with Gasteiger partial charge in [-0.15, -0.1) is 0 Å². The molecule has 0 saturated heterocycles. The number of urea groups is 1. The minimum atomic E-state index is -0.238. The van der Waals surface area contributed by atoms with E-state index in [1.165, 1.54) is 0 Å². The molecule has 29 heavy (non-hydrogen) atoms. The Morgan fingerprint density at radius 2 is 1.62 bits per heavy atom. The Morgan fingerprint density at radius 1 is 0.897 bits per heavy atom. The van der Waals surface area contributed by atoms with Crippen LogP contribution >= 0.6 is 0 Å². The van der Waals surface area contributed by atoms with Crippen molar-refractivity contribution in [2.75, 3.05) is 12.4 Å². The van der Waals surface area contributed by atoms with Gasteiger partial charge in [0, 0.05) is 5.69 Å². The minimum absolute atomic E-state index is 0.0767. The van der Waals surface area contributed by atoms with Gasteiger partial charge in [0.05, 0.1) is 26.4 Å². The van der Waals surface area contributed by atoms with Gasteiger partial charge >= 0.3 is 6.03 Å². The molecule has 2 amide bonds. The summed E-state index contributed by atoms with van der Waals surface area (Å²) in [6.45, 7) is 2.93. The monoisotopic (exact) mass is 390 g/mol. The molecule has 0 saturated carbocycles. The maximum atomic E-state index is 12.3. The van der Waals surface area contributed by atoms with E-state index in [4.69, 9.17) is 9.47 Å². The zero-order valence-electron chi connectivity index (χ0n) is 16.7. The van der Waals surface area contributed by atoms with Crippen LogP contribution < -0.4 is 15.4 Å². The summed E-state index contributed by atoms with van der Waals surface area (Å²) in [6, 6.07) is 25.0. The van der Waals surface area contributed by atoms with E-state index in [1.807, 2.05) is 85.8 Å². The summed E-state index contributed by atoms with van der Waals surface area (Å²) in [5.74, 6) is 0.826. The van der Waals surface area contributed by atoms with Crippen molar-refractivity contribution in [2.45, 2.75) is 26.2 Å². The Bertz CT molecular complexity index is 911. The fourth-order valence-corrected chi connectivity index (χ4v) is 2.94. The second kappa shape index (κ2) is 10.3. The smallest absolute Gasteiger partial charge is 0.319 e. The highest BCUT2D eigenvalue weighted by Crippen LogP contribution is 2.16. The molecule has 0 aromatic heterocycles. The summed E-state index contributed by atoms with van der Waals surface area (Å²) in [7, 11) is 1.65. The number of carbonyl (C=O) groups is 1. The van der Waals surface area contributed by atoms with Crippen molar-refractivity contribution in [3.8, 4) is 5.75 Å². The van der Waals surface area contributed by atoms with E-state index >= 15 is 0 Å². The number of benzene rings is 3. The minimum Gasteiger partial charge on any atom is -0.497 e. The fourth-order valence-electron chi connectivity index (χ4n) is 2.94. The Hall–Kier alpha value is -3.31.